The Labute approximate surface area is 218 Å². The number of nitrogens with one attached hydrogen (secondary N) is 1. The number of nitrogens with two attached hydrogens (primary N) is 1. The lowest BCUT2D eigenvalue weighted by molar-refractivity contribution is 0.0571. The van der Waals surface area contributed by atoms with Gasteiger partial charge in [-0.05, 0) is 54.1 Å². The number of hydrogen-bond acceptors (Lipinski definition) is 6. The van der Waals surface area contributed by atoms with Crippen LogP contribution in [-0.4, -0.2) is 55.3 Å². The first-order chi connectivity index (χ1) is 18.2. The Morgan fingerprint density at radius 3 is 2.26 bits per heavy atom. The molecule has 0 radical (unpaired) electrons. The number of para-hydroxylation sites is 1. The third-order valence-electron chi connectivity index (χ3n) is 6.49. The summed E-state index contributed by atoms with van der Waals surface area (Å²) >= 11 is 0. The number of fused-ring (bicyclic) bond motifs is 1. The molecule has 5 rings (SSSR count). The molecule has 1 unspecified atom stereocenters. The monoisotopic (exact) mass is 537 g/mol. The molecule has 4 aromatic rings. The van der Waals surface area contributed by atoms with Gasteiger partial charge in [0.25, 0.3) is 15.9 Å². The Bertz CT molecular complexity index is 1560. The molecule has 38 heavy (non-hydrogen) atoms. The number of hydrogen-bond donors (Lipinski definition) is 2. The van der Waals surface area contributed by atoms with Crippen molar-refractivity contribution in [3.8, 4) is 0 Å². The molecule has 2 heterocycles. The van der Waals surface area contributed by atoms with E-state index in [0.717, 1.165) is 6.07 Å². The highest BCUT2D eigenvalue weighted by atomic mass is 32.2. The van der Waals surface area contributed by atoms with Crippen molar-refractivity contribution in [3.05, 3.63) is 102 Å². The fourth-order valence-corrected chi connectivity index (χ4v) is 5.77. The van der Waals surface area contributed by atoms with Crippen molar-refractivity contribution in [1.82, 2.24) is 14.8 Å². The number of pyridine rings is 1. The van der Waals surface area contributed by atoms with Crippen LogP contribution in [0.4, 0.5) is 14.5 Å². The first-order valence-electron chi connectivity index (χ1n) is 11.9. The van der Waals surface area contributed by atoms with Crippen molar-refractivity contribution >= 4 is 32.5 Å². The van der Waals surface area contributed by atoms with Crippen LogP contribution in [0.1, 0.15) is 22.1 Å². The molecular formula is C27H25F2N5O3S. The number of piperazine rings is 1. The number of rotatable bonds is 6. The Hall–Kier alpha value is -3.93. The molecule has 1 atom stereocenters. The highest BCUT2D eigenvalue weighted by molar-refractivity contribution is 7.93. The lowest BCUT2D eigenvalue weighted by Gasteiger charge is -2.38. The second kappa shape index (κ2) is 10.4. The molecule has 196 valence electrons. The lowest BCUT2D eigenvalue weighted by Crippen LogP contribution is -2.51. The van der Waals surface area contributed by atoms with Crippen LogP contribution in [0.2, 0.25) is 0 Å². The average Bonchev–Trinajstić information content (AvgIpc) is 2.91. The largest absolute Gasteiger partial charge is 0.336 e. The molecule has 1 saturated heterocycles. The fourth-order valence-electron chi connectivity index (χ4n) is 4.53. The predicted molar refractivity (Wildman–Crippen MR) is 140 cm³/mol. The van der Waals surface area contributed by atoms with Crippen LogP contribution in [-0.2, 0) is 10.0 Å². The molecule has 1 amide bonds. The Morgan fingerprint density at radius 1 is 0.921 bits per heavy atom. The first-order valence-corrected chi connectivity index (χ1v) is 13.4. The third kappa shape index (κ3) is 5.35. The van der Waals surface area contributed by atoms with E-state index in [0.29, 0.717) is 53.9 Å². The number of carbonyl (C=O) groups excluding carboxylic acids is 1. The number of halogens is 2. The number of carbonyl (C=O) groups is 1. The normalized spacial score (nSPS) is 15.4. The van der Waals surface area contributed by atoms with E-state index >= 15 is 0 Å². The third-order valence-corrected chi connectivity index (χ3v) is 7.90. The van der Waals surface area contributed by atoms with E-state index in [1.807, 2.05) is 4.90 Å². The van der Waals surface area contributed by atoms with Crippen molar-refractivity contribution in [2.75, 3.05) is 30.9 Å². The fraction of sp³-hybridized carbons (Fsp3) is 0.185. The minimum absolute atomic E-state index is 0.0628. The summed E-state index contributed by atoms with van der Waals surface area (Å²) in [4.78, 5) is 20.8. The Balaban J connectivity index is 1.23. The minimum Gasteiger partial charge on any atom is -0.336 e. The second-order valence-electron chi connectivity index (χ2n) is 8.99. The van der Waals surface area contributed by atoms with Gasteiger partial charge in [0.2, 0.25) is 0 Å². The molecule has 0 aliphatic carbocycles. The molecule has 3 N–H and O–H groups in total. The zero-order chi connectivity index (χ0) is 26.9. The van der Waals surface area contributed by atoms with Gasteiger partial charge in [-0.2, -0.15) is 0 Å². The molecule has 0 spiro atoms. The average molecular weight is 538 g/mol. The summed E-state index contributed by atoms with van der Waals surface area (Å²) in [6.07, 6.45) is 0.845. The van der Waals surface area contributed by atoms with E-state index in [9.17, 15) is 22.0 Å². The SMILES string of the molecule is NC(c1cc(F)cc(F)c1)N1CCN(C(=O)c2ccc(NS(=O)(=O)c3cccc4cccnc34)cc2)CC1. The molecule has 0 saturated carbocycles. The van der Waals surface area contributed by atoms with Crippen molar-refractivity contribution in [2.45, 2.75) is 11.1 Å². The highest BCUT2D eigenvalue weighted by Crippen LogP contribution is 2.24. The van der Waals surface area contributed by atoms with E-state index in [1.165, 1.54) is 36.5 Å². The summed E-state index contributed by atoms with van der Waals surface area (Å²) in [5, 5.41) is 0.709. The van der Waals surface area contributed by atoms with E-state index in [1.54, 1.807) is 41.3 Å². The van der Waals surface area contributed by atoms with E-state index < -0.39 is 27.8 Å². The number of nitrogens with zero attached hydrogens (tertiary/aromatic N) is 3. The van der Waals surface area contributed by atoms with Gasteiger partial charge in [0.15, 0.2) is 0 Å². The van der Waals surface area contributed by atoms with Crippen LogP contribution in [0.5, 0.6) is 0 Å². The number of sulfonamides is 1. The topological polar surface area (TPSA) is 109 Å². The van der Waals surface area contributed by atoms with Gasteiger partial charge >= 0.3 is 0 Å². The first kappa shape index (κ1) is 25.7. The molecule has 3 aromatic carbocycles. The summed E-state index contributed by atoms with van der Waals surface area (Å²) in [5.41, 5.74) is 7.63. The predicted octanol–water partition coefficient (Wildman–Crippen LogP) is 3.73. The maximum atomic E-state index is 13.6. The zero-order valence-electron chi connectivity index (χ0n) is 20.2. The van der Waals surface area contributed by atoms with E-state index in [2.05, 4.69) is 9.71 Å². The maximum Gasteiger partial charge on any atom is 0.264 e. The molecule has 0 bridgehead atoms. The Kier molecular flexibility index (Phi) is 7.06. The highest BCUT2D eigenvalue weighted by Gasteiger charge is 2.26. The second-order valence-corrected chi connectivity index (χ2v) is 10.6. The number of aromatic nitrogens is 1. The number of amides is 1. The summed E-state index contributed by atoms with van der Waals surface area (Å²) in [6, 6.07) is 17.9. The van der Waals surface area contributed by atoms with Crippen LogP contribution in [0, 0.1) is 11.6 Å². The van der Waals surface area contributed by atoms with Gasteiger partial charge in [-0.15, -0.1) is 0 Å². The van der Waals surface area contributed by atoms with Crippen molar-refractivity contribution in [3.63, 3.8) is 0 Å². The lowest BCUT2D eigenvalue weighted by atomic mass is 10.1. The summed E-state index contributed by atoms with van der Waals surface area (Å²) in [7, 11) is -3.91. The van der Waals surface area contributed by atoms with E-state index in [4.69, 9.17) is 5.73 Å². The molecule has 1 aliphatic rings. The molecular weight excluding hydrogens is 512 g/mol. The van der Waals surface area contributed by atoms with Gasteiger partial charge in [0, 0.05) is 55.1 Å². The van der Waals surface area contributed by atoms with Crippen LogP contribution in [0.25, 0.3) is 10.9 Å². The summed E-state index contributed by atoms with van der Waals surface area (Å²) in [5.74, 6) is -1.59. The quantitative estimate of drug-likeness (QED) is 0.388. The number of anilines is 1. The van der Waals surface area contributed by atoms with Gasteiger partial charge in [0.1, 0.15) is 16.5 Å². The minimum atomic E-state index is -3.91. The Morgan fingerprint density at radius 2 is 1.58 bits per heavy atom. The van der Waals surface area contributed by atoms with Gasteiger partial charge in [-0.3, -0.25) is 19.4 Å². The molecule has 1 aromatic heterocycles. The zero-order valence-corrected chi connectivity index (χ0v) is 21.0. The smallest absolute Gasteiger partial charge is 0.264 e. The van der Waals surface area contributed by atoms with Gasteiger partial charge in [0.05, 0.1) is 11.7 Å². The van der Waals surface area contributed by atoms with Gasteiger partial charge in [-0.1, -0.05) is 18.2 Å². The van der Waals surface area contributed by atoms with Crippen LogP contribution >= 0.6 is 0 Å². The molecule has 8 nitrogen and oxygen atoms in total. The summed E-state index contributed by atoms with van der Waals surface area (Å²) in [6.45, 7) is 1.63. The van der Waals surface area contributed by atoms with Gasteiger partial charge < -0.3 is 10.6 Å². The molecule has 1 fully saturated rings. The summed E-state index contributed by atoms with van der Waals surface area (Å²) < 4.78 is 55.7. The van der Waals surface area contributed by atoms with Gasteiger partial charge in [-0.25, -0.2) is 17.2 Å². The maximum absolute atomic E-state index is 13.6. The van der Waals surface area contributed by atoms with Crippen LogP contribution in [0.15, 0.2) is 83.9 Å². The van der Waals surface area contributed by atoms with Crippen LogP contribution < -0.4 is 10.5 Å². The van der Waals surface area contributed by atoms with E-state index in [-0.39, 0.29) is 10.8 Å². The standard InChI is InChI=1S/C27H25F2N5O3S/c28-21-15-20(16-22(29)17-21)26(30)33-11-13-34(14-12-33)27(35)19-6-8-23(9-7-19)32-38(36,37)24-5-1-3-18-4-2-10-31-25(18)24/h1-10,15-17,26,32H,11-14,30H2. The van der Waals surface area contributed by atoms with Crippen LogP contribution in [0.3, 0.4) is 0 Å². The number of benzene rings is 3. The van der Waals surface area contributed by atoms with Crippen molar-refractivity contribution in [1.29, 1.82) is 0 Å². The van der Waals surface area contributed by atoms with Crippen molar-refractivity contribution < 1.29 is 22.0 Å². The molecule has 1 aliphatic heterocycles. The molecule has 11 heteroatoms. The van der Waals surface area contributed by atoms with Crippen molar-refractivity contribution in [2.24, 2.45) is 5.73 Å².